The molecule has 2 unspecified atom stereocenters. The van der Waals surface area contributed by atoms with E-state index in [-0.39, 0.29) is 12.1 Å². The van der Waals surface area contributed by atoms with Crippen LogP contribution in [0, 0.1) is 0 Å². The van der Waals surface area contributed by atoms with E-state index < -0.39 is 6.10 Å². The van der Waals surface area contributed by atoms with Crippen molar-refractivity contribution in [1.29, 1.82) is 0 Å². The molecule has 2 rings (SSSR count). The van der Waals surface area contributed by atoms with E-state index in [0.29, 0.717) is 12.2 Å². The van der Waals surface area contributed by atoms with Gasteiger partial charge in [0.1, 0.15) is 17.6 Å². The Labute approximate surface area is 132 Å². The van der Waals surface area contributed by atoms with E-state index in [0.717, 1.165) is 17.9 Å². The minimum absolute atomic E-state index is 0.172. The highest BCUT2D eigenvalue weighted by Gasteiger charge is 2.14. The Hall–Kier alpha value is -1.78. The first-order chi connectivity index (χ1) is 10.5. The van der Waals surface area contributed by atoms with E-state index in [4.69, 9.17) is 9.15 Å². The summed E-state index contributed by atoms with van der Waals surface area (Å²) in [7, 11) is 0. The number of aliphatic hydroxyl groups is 1. The van der Waals surface area contributed by atoms with Gasteiger partial charge in [-0.05, 0) is 57.0 Å². The summed E-state index contributed by atoms with van der Waals surface area (Å²) in [6.07, 6.45) is 1.78. The van der Waals surface area contributed by atoms with Gasteiger partial charge in [-0.3, -0.25) is 0 Å². The third-order valence-electron chi connectivity index (χ3n) is 3.37. The fraction of sp³-hybridized carbons (Fsp3) is 0.444. The molecule has 0 aliphatic rings. The van der Waals surface area contributed by atoms with Gasteiger partial charge in [-0.2, -0.15) is 0 Å². The Morgan fingerprint density at radius 1 is 1.18 bits per heavy atom. The molecule has 4 nitrogen and oxygen atoms in total. The molecule has 2 atom stereocenters. The lowest BCUT2D eigenvalue weighted by molar-refractivity contribution is 0.128. The van der Waals surface area contributed by atoms with Gasteiger partial charge in [0.15, 0.2) is 0 Å². The monoisotopic (exact) mass is 303 g/mol. The topological polar surface area (TPSA) is 54.6 Å². The minimum Gasteiger partial charge on any atom is -0.491 e. The predicted octanol–water partition coefficient (Wildman–Crippen LogP) is 3.67. The Bertz CT molecular complexity index is 551. The first-order valence-electron chi connectivity index (χ1n) is 7.75. The van der Waals surface area contributed by atoms with Crippen molar-refractivity contribution in [2.75, 3.05) is 0 Å². The lowest BCUT2D eigenvalue weighted by atomic mass is 10.1. The van der Waals surface area contributed by atoms with Gasteiger partial charge in [-0.15, -0.1) is 0 Å². The molecule has 2 aromatic rings. The van der Waals surface area contributed by atoms with Gasteiger partial charge in [0, 0.05) is 12.6 Å². The Kier molecular flexibility index (Phi) is 6.04. The number of rotatable bonds is 8. The Morgan fingerprint density at radius 2 is 2.00 bits per heavy atom. The average molecular weight is 303 g/mol. The van der Waals surface area contributed by atoms with Crippen molar-refractivity contribution in [2.24, 2.45) is 0 Å². The predicted molar refractivity (Wildman–Crippen MR) is 86.8 cm³/mol. The number of benzene rings is 1. The molecule has 0 saturated heterocycles. The molecule has 1 heterocycles. The van der Waals surface area contributed by atoms with E-state index in [2.05, 4.69) is 18.3 Å². The summed E-state index contributed by atoms with van der Waals surface area (Å²) in [5.74, 6) is 1.50. The fourth-order valence-corrected chi connectivity index (χ4v) is 2.31. The van der Waals surface area contributed by atoms with E-state index in [1.165, 1.54) is 0 Å². The maximum atomic E-state index is 10.1. The second kappa shape index (κ2) is 8.01. The quantitative estimate of drug-likeness (QED) is 0.781. The maximum absolute atomic E-state index is 10.1. The number of hydrogen-bond donors (Lipinski definition) is 2. The molecule has 2 N–H and O–H groups in total. The number of ether oxygens (including phenoxy) is 1. The van der Waals surface area contributed by atoms with Crippen LogP contribution in [0.15, 0.2) is 47.1 Å². The molecule has 0 fully saturated rings. The van der Waals surface area contributed by atoms with E-state index in [1.807, 2.05) is 32.0 Å². The van der Waals surface area contributed by atoms with Gasteiger partial charge >= 0.3 is 0 Å². The first-order valence-corrected chi connectivity index (χ1v) is 7.75. The molecule has 4 heteroatoms. The minimum atomic E-state index is -0.576. The van der Waals surface area contributed by atoms with Crippen molar-refractivity contribution < 1.29 is 14.3 Å². The van der Waals surface area contributed by atoms with E-state index >= 15 is 0 Å². The van der Waals surface area contributed by atoms with Crippen LogP contribution in [0.1, 0.15) is 44.6 Å². The molecule has 1 aromatic carbocycles. The molecule has 0 amide bonds. The average Bonchev–Trinajstić information content (AvgIpc) is 2.99. The Balaban J connectivity index is 1.82. The number of furan rings is 1. The summed E-state index contributed by atoms with van der Waals surface area (Å²) in [5.41, 5.74) is 1.16. The van der Waals surface area contributed by atoms with Crippen LogP contribution in [0.5, 0.6) is 5.75 Å². The van der Waals surface area contributed by atoms with Crippen molar-refractivity contribution in [1.82, 2.24) is 5.32 Å². The first kappa shape index (κ1) is 16.6. The highest BCUT2D eigenvalue weighted by molar-refractivity contribution is 5.28. The summed E-state index contributed by atoms with van der Waals surface area (Å²) in [4.78, 5) is 0. The van der Waals surface area contributed by atoms with Crippen LogP contribution < -0.4 is 10.1 Å². The van der Waals surface area contributed by atoms with Crippen LogP contribution in [0.25, 0.3) is 0 Å². The number of nitrogens with one attached hydrogen (secondary N) is 1. The molecule has 1 aromatic heterocycles. The van der Waals surface area contributed by atoms with Crippen LogP contribution in [-0.4, -0.2) is 17.3 Å². The largest absolute Gasteiger partial charge is 0.491 e. The van der Waals surface area contributed by atoms with Crippen LogP contribution in [0.2, 0.25) is 0 Å². The lowest BCUT2D eigenvalue weighted by Gasteiger charge is -2.17. The summed E-state index contributed by atoms with van der Waals surface area (Å²) >= 11 is 0. The van der Waals surface area contributed by atoms with E-state index in [9.17, 15) is 5.11 Å². The molecule has 0 saturated carbocycles. The number of aliphatic hydroxyl groups excluding tert-OH is 1. The standard InChI is InChI=1S/C18H25NO3/c1-13(2)22-16-7-4-6-15(11-16)12-19-14(3)10-17(20)18-8-5-9-21-18/h4-9,11,13-14,17,19-20H,10,12H2,1-3H3. The summed E-state index contributed by atoms with van der Waals surface area (Å²) in [5, 5.41) is 13.5. The van der Waals surface area contributed by atoms with E-state index in [1.54, 1.807) is 18.4 Å². The second-order valence-electron chi connectivity index (χ2n) is 5.86. The van der Waals surface area contributed by atoms with Gasteiger partial charge in [0.05, 0.1) is 12.4 Å². The zero-order valence-electron chi connectivity index (χ0n) is 13.5. The van der Waals surface area contributed by atoms with Gasteiger partial charge < -0.3 is 19.6 Å². The molecule has 0 spiro atoms. The summed E-state index contributed by atoms with van der Waals surface area (Å²) < 4.78 is 10.9. The molecule has 22 heavy (non-hydrogen) atoms. The molecule has 0 bridgehead atoms. The smallest absolute Gasteiger partial charge is 0.132 e. The van der Waals surface area contributed by atoms with Crippen LogP contribution in [0.4, 0.5) is 0 Å². The van der Waals surface area contributed by atoms with Gasteiger partial charge in [-0.25, -0.2) is 0 Å². The van der Waals surface area contributed by atoms with Crippen molar-refractivity contribution in [3.8, 4) is 5.75 Å². The molecular formula is C18H25NO3. The van der Waals surface area contributed by atoms with Crippen molar-refractivity contribution >= 4 is 0 Å². The summed E-state index contributed by atoms with van der Waals surface area (Å²) in [6.45, 7) is 6.83. The third kappa shape index (κ3) is 5.20. The van der Waals surface area contributed by atoms with Crippen molar-refractivity contribution in [3.05, 3.63) is 54.0 Å². The molecular weight excluding hydrogens is 278 g/mol. The van der Waals surface area contributed by atoms with Crippen LogP contribution in [0.3, 0.4) is 0 Å². The van der Waals surface area contributed by atoms with Gasteiger partial charge in [0.25, 0.3) is 0 Å². The molecule has 0 aliphatic heterocycles. The zero-order valence-corrected chi connectivity index (χ0v) is 13.5. The third-order valence-corrected chi connectivity index (χ3v) is 3.37. The Morgan fingerprint density at radius 3 is 2.68 bits per heavy atom. The molecule has 0 aliphatic carbocycles. The van der Waals surface area contributed by atoms with Crippen molar-refractivity contribution in [3.63, 3.8) is 0 Å². The van der Waals surface area contributed by atoms with Gasteiger partial charge in [-0.1, -0.05) is 12.1 Å². The highest BCUT2D eigenvalue weighted by atomic mass is 16.5. The lowest BCUT2D eigenvalue weighted by Crippen LogP contribution is -2.27. The fourth-order valence-electron chi connectivity index (χ4n) is 2.31. The zero-order chi connectivity index (χ0) is 15.9. The highest BCUT2D eigenvalue weighted by Crippen LogP contribution is 2.19. The molecule has 120 valence electrons. The SMILES string of the molecule is CC(CC(O)c1ccco1)NCc1cccc(OC(C)C)c1. The second-order valence-corrected chi connectivity index (χ2v) is 5.86. The van der Waals surface area contributed by atoms with Crippen LogP contribution in [-0.2, 0) is 6.54 Å². The van der Waals surface area contributed by atoms with Crippen LogP contribution >= 0.6 is 0 Å². The van der Waals surface area contributed by atoms with Gasteiger partial charge in [0.2, 0.25) is 0 Å². The maximum Gasteiger partial charge on any atom is 0.132 e. The normalized spacial score (nSPS) is 14.0. The summed E-state index contributed by atoms with van der Waals surface area (Å²) in [6, 6.07) is 11.8. The number of hydrogen-bond acceptors (Lipinski definition) is 4. The molecule has 0 radical (unpaired) electrons. The van der Waals surface area contributed by atoms with Crippen molar-refractivity contribution in [2.45, 2.75) is 52.0 Å².